The molecule has 0 aliphatic carbocycles. The van der Waals surface area contributed by atoms with Gasteiger partial charge in [0.1, 0.15) is 5.75 Å². The van der Waals surface area contributed by atoms with Crippen molar-refractivity contribution in [3.05, 3.63) is 48.0 Å². The number of anilines is 3. The van der Waals surface area contributed by atoms with Gasteiger partial charge in [-0.05, 0) is 29.8 Å². The van der Waals surface area contributed by atoms with Crippen LogP contribution >= 0.6 is 0 Å². The van der Waals surface area contributed by atoms with Crippen LogP contribution in [-0.2, 0) is 0 Å². The molecule has 0 saturated carbocycles. The molecule has 1 unspecified atom stereocenters. The van der Waals surface area contributed by atoms with Crippen LogP contribution in [0.15, 0.2) is 42.5 Å². The minimum Gasteiger partial charge on any atom is -0.495 e. The number of methoxy groups -OCH3 is 1. The second kappa shape index (κ2) is 5.06. The second-order valence-electron chi connectivity index (χ2n) is 4.98. The fraction of sp³-hybridized carbons (Fsp3) is 0.250. The van der Waals surface area contributed by atoms with Crippen molar-refractivity contribution in [2.75, 3.05) is 30.9 Å². The van der Waals surface area contributed by atoms with E-state index in [4.69, 9.17) is 10.5 Å². The van der Waals surface area contributed by atoms with Gasteiger partial charge in [0, 0.05) is 23.8 Å². The van der Waals surface area contributed by atoms with Crippen LogP contribution in [0.4, 0.5) is 17.1 Å². The van der Waals surface area contributed by atoms with Gasteiger partial charge in [-0.3, -0.25) is 0 Å². The maximum absolute atomic E-state index is 9.58. The lowest BCUT2D eigenvalue weighted by molar-refractivity contribution is 0.271. The summed E-state index contributed by atoms with van der Waals surface area (Å²) in [4.78, 5) is 2.16. The average molecular weight is 270 g/mol. The number of fused-ring (bicyclic) bond motifs is 1. The standard InChI is InChI=1S/C16H18N2O2/c1-20-16-5-3-2-4-14(16)18-9-11(10-19)13-7-6-12(17)8-15(13)18/h2-8,11,19H,9-10,17H2,1H3. The molecule has 20 heavy (non-hydrogen) atoms. The maximum Gasteiger partial charge on any atom is 0.142 e. The largest absolute Gasteiger partial charge is 0.495 e. The second-order valence-corrected chi connectivity index (χ2v) is 4.98. The van der Waals surface area contributed by atoms with Crippen LogP contribution in [0.2, 0.25) is 0 Å². The van der Waals surface area contributed by atoms with Crippen molar-refractivity contribution in [2.24, 2.45) is 0 Å². The quantitative estimate of drug-likeness (QED) is 0.841. The van der Waals surface area contributed by atoms with Crippen LogP contribution < -0.4 is 15.4 Å². The molecular weight excluding hydrogens is 252 g/mol. The Morgan fingerprint density at radius 3 is 2.80 bits per heavy atom. The summed E-state index contributed by atoms with van der Waals surface area (Å²) in [6.45, 7) is 0.859. The Labute approximate surface area is 118 Å². The average Bonchev–Trinajstić information content (AvgIpc) is 2.84. The van der Waals surface area contributed by atoms with Crippen LogP contribution in [0.5, 0.6) is 5.75 Å². The summed E-state index contributed by atoms with van der Waals surface area (Å²) < 4.78 is 5.44. The summed E-state index contributed by atoms with van der Waals surface area (Å²) in [7, 11) is 1.67. The molecule has 4 nitrogen and oxygen atoms in total. The minimum atomic E-state index is 0.107. The summed E-state index contributed by atoms with van der Waals surface area (Å²) in [6.07, 6.45) is 0. The van der Waals surface area contributed by atoms with Gasteiger partial charge in [0.2, 0.25) is 0 Å². The predicted molar refractivity (Wildman–Crippen MR) is 80.7 cm³/mol. The summed E-state index contributed by atoms with van der Waals surface area (Å²) in [5.74, 6) is 0.926. The number of benzene rings is 2. The smallest absolute Gasteiger partial charge is 0.142 e. The van der Waals surface area contributed by atoms with E-state index in [0.717, 1.165) is 34.9 Å². The summed E-state index contributed by atoms with van der Waals surface area (Å²) in [6, 6.07) is 13.7. The van der Waals surface area contributed by atoms with Gasteiger partial charge in [-0.25, -0.2) is 0 Å². The molecule has 4 heteroatoms. The van der Waals surface area contributed by atoms with E-state index in [0.29, 0.717) is 0 Å². The van der Waals surface area contributed by atoms with Crippen LogP contribution in [0.1, 0.15) is 11.5 Å². The number of nitrogen functional groups attached to an aromatic ring is 1. The fourth-order valence-corrected chi connectivity index (χ4v) is 2.79. The van der Waals surface area contributed by atoms with Gasteiger partial charge >= 0.3 is 0 Å². The van der Waals surface area contributed by atoms with E-state index < -0.39 is 0 Å². The van der Waals surface area contributed by atoms with E-state index in [1.54, 1.807) is 7.11 Å². The number of hydrogen-bond donors (Lipinski definition) is 2. The van der Waals surface area contributed by atoms with Gasteiger partial charge in [-0.2, -0.15) is 0 Å². The number of nitrogens with two attached hydrogens (primary N) is 1. The molecule has 3 rings (SSSR count). The highest BCUT2D eigenvalue weighted by atomic mass is 16.5. The first-order chi connectivity index (χ1) is 9.74. The number of rotatable bonds is 3. The maximum atomic E-state index is 9.58. The Morgan fingerprint density at radius 1 is 1.25 bits per heavy atom. The van der Waals surface area contributed by atoms with E-state index >= 15 is 0 Å². The van der Waals surface area contributed by atoms with Gasteiger partial charge in [0.15, 0.2) is 0 Å². The number of hydrogen-bond acceptors (Lipinski definition) is 4. The molecule has 1 aliphatic heterocycles. The van der Waals surface area contributed by atoms with Crippen molar-refractivity contribution in [3.63, 3.8) is 0 Å². The lowest BCUT2D eigenvalue weighted by Gasteiger charge is -2.22. The summed E-state index contributed by atoms with van der Waals surface area (Å²) in [5.41, 5.74) is 9.81. The molecule has 0 saturated heterocycles. The first-order valence-electron chi connectivity index (χ1n) is 6.65. The topological polar surface area (TPSA) is 58.7 Å². The molecule has 1 aliphatic rings. The van der Waals surface area contributed by atoms with Gasteiger partial charge in [0.25, 0.3) is 0 Å². The van der Waals surface area contributed by atoms with Crippen LogP contribution in [0.3, 0.4) is 0 Å². The van der Waals surface area contributed by atoms with E-state index in [9.17, 15) is 5.11 Å². The van der Waals surface area contributed by atoms with Crippen molar-refractivity contribution in [1.82, 2.24) is 0 Å². The Balaban J connectivity index is 2.11. The zero-order chi connectivity index (χ0) is 14.1. The molecule has 0 spiro atoms. The Morgan fingerprint density at radius 2 is 2.05 bits per heavy atom. The third-order valence-corrected chi connectivity index (χ3v) is 3.78. The normalized spacial score (nSPS) is 17.1. The first kappa shape index (κ1) is 12.8. The fourth-order valence-electron chi connectivity index (χ4n) is 2.79. The minimum absolute atomic E-state index is 0.107. The molecule has 1 atom stereocenters. The van der Waals surface area contributed by atoms with Crippen LogP contribution in [-0.4, -0.2) is 25.4 Å². The number of aliphatic hydroxyl groups is 1. The van der Waals surface area contributed by atoms with E-state index in [-0.39, 0.29) is 12.5 Å². The monoisotopic (exact) mass is 270 g/mol. The Kier molecular flexibility index (Phi) is 3.24. The third kappa shape index (κ3) is 1.98. The highest BCUT2D eigenvalue weighted by molar-refractivity contribution is 5.77. The molecule has 1 heterocycles. The first-order valence-corrected chi connectivity index (χ1v) is 6.65. The molecule has 0 bridgehead atoms. The number of nitrogens with zero attached hydrogens (tertiary/aromatic N) is 1. The number of ether oxygens (including phenoxy) is 1. The predicted octanol–water partition coefficient (Wildman–Crippen LogP) is 2.50. The highest BCUT2D eigenvalue weighted by Gasteiger charge is 2.30. The molecule has 0 aromatic heterocycles. The van der Waals surface area contributed by atoms with E-state index in [2.05, 4.69) is 4.90 Å². The van der Waals surface area contributed by atoms with Crippen molar-refractivity contribution in [2.45, 2.75) is 5.92 Å². The molecule has 2 aromatic rings. The van der Waals surface area contributed by atoms with Crippen molar-refractivity contribution in [3.8, 4) is 5.75 Å². The molecule has 0 amide bonds. The van der Waals surface area contributed by atoms with Gasteiger partial charge in [-0.15, -0.1) is 0 Å². The molecular formula is C16H18N2O2. The van der Waals surface area contributed by atoms with E-state index in [1.165, 1.54) is 0 Å². The third-order valence-electron chi connectivity index (χ3n) is 3.78. The van der Waals surface area contributed by atoms with Crippen molar-refractivity contribution >= 4 is 17.1 Å². The SMILES string of the molecule is COc1ccccc1N1CC(CO)c2ccc(N)cc21. The van der Waals surface area contributed by atoms with Gasteiger partial charge in [0.05, 0.1) is 19.4 Å². The zero-order valence-electron chi connectivity index (χ0n) is 11.4. The lowest BCUT2D eigenvalue weighted by Crippen LogP contribution is -2.17. The van der Waals surface area contributed by atoms with Crippen LogP contribution in [0.25, 0.3) is 0 Å². The van der Waals surface area contributed by atoms with Gasteiger partial charge in [-0.1, -0.05) is 18.2 Å². The zero-order valence-corrected chi connectivity index (χ0v) is 11.4. The molecule has 0 fully saturated rings. The van der Waals surface area contributed by atoms with E-state index in [1.807, 2.05) is 42.5 Å². The van der Waals surface area contributed by atoms with Crippen molar-refractivity contribution < 1.29 is 9.84 Å². The van der Waals surface area contributed by atoms with Crippen LogP contribution in [0, 0.1) is 0 Å². The van der Waals surface area contributed by atoms with Crippen molar-refractivity contribution in [1.29, 1.82) is 0 Å². The molecule has 2 aromatic carbocycles. The van der Waals surface area contributed by atoms with Gasteiger partial charge < -0.3 is 20.5 Å². The number of aliphatic hydroxyl groups excluding tert-OH is 1. The highest BCUT2D eigenvalue weighted by Crippen LogP contribution is 2.44. The lowest BCUT2D eigenvalue weighted by atomic mass is 10.0. The molecule has 0 radical (unpaired) electrons. The Bertz CT molecular complexity index is 628. The molecule has 104 valence electrons. The summed E-state index contributed by atoms with van der Waals surface area (Å²) >= 11 is 0. The molecule has 3 N–H and O–H groups in total. The number of para-hydroxylation sites is 2. The summed E-state index contributed by atoms with van der Waals surface area (Å²) in [5, 5.41) is 9.58. The Hall–Kier alpha value is -2.20.